The lowest BCUT2D eigenvalue weighted by atomic mass is 10.2. The van der Waals surface area contributed by atoms with Crippen molar-refractivity contribution in [3.05, 3.63) is 75.3 Å². The van der Waals surface area contributed by atoms with Gasteiger partial charge in [-0.15, -0.1) is 11.8 Å². The van der Waals surface area contributed by atoms with E-state index in [0.29, 0.717) is 33.1 Å². The van der Waals surface area contributed by atoms with Gasteiger partial charge in [0.05, 0.1) is 5.75 Å². The van der Waals surface area contributed by atoms with Gasteiger partial charge in [0, 0.05) is 39.1 Å². The standard InChI is InChI=1S/C18H14ClFN2O2S/c19-11-2-1-3-13(6-11)22-18(24)10-25-9-14-8-17(23)15-7-12(20)4-5-16(15)21-14/h1-8H,9-10H2,(H,21,23)(H,22,24). The Kier molecular flexibility index (Phi) is 5.40. The molecule has 0 radical (unpaired) electrons. The summed E-state index contributed by atoms with van der Waals surface area (Å²) in [5.41, 5.74) is 1.66. The summed E-state index contributed by atoms with van der Waals surface area (Å²) in [6.45, 7) is 0. The average Bonchev–Trinajstić information content (AvgIpc) is 2.55. The van der Waals surface area contributed by atoms with Crippen molar-refractivity contribution < 1.29 is 9.18 Å². The molecule has 25 heavy (non-hydrogen) atoms. The molecule has 2 aromatic carbocycles. The number of aromatic nitrogens is 1. The molecule has 0 saturated heterocycles. The molecule has 0 unspecified atom stereocenters. The molecule has 0 atom stereocenters. The van der Waals surface area contributed by atoms with Crippen molar-refractivity contribution in [1.82, 2.24) is 4.98 Å². The fourth-order valence-corrected chi connectivity index (χ4v) is 3.29. The van der Waals surface area contributed by atoms with Crippen LogP contribution in [0.5, 0.6) is 0 Å². The van der Waals surface area contributed by atoms with Gasteiger partial charge in [-0.05, 0) is 36.4 Å². The van der Waals surface area contributed by atoms with Gasteiger partial charge in [-0.3, -0.25) is 9.59 Å². The third-order valence-electron chi connectivity index (χ3n) is 3.45. The number of nitrogens with one attached hydrogen (secondary N) is 2. The molecule has 3 rings (SSSR count). The molecule has 7 heteroatoms. The third kappa shape index (κ3) is 4.61. The maximum absolute atomic E-state index is 13.2. The van der Waals surface area contributed by atoms with E-state index in [1.807, 2.05) is 0 Å². The predicted molar refractivity (Wildman–Crippen MR) is 101 cm³/mol. The van der Waals surface area contributed by atoms with Crippen molar-refractivity contribution in [2.24, 2.45) is 0 Å². The number of carbonyl (C=O) groups excluding carboxylic acids is 1. The molecular weight excluding hydrogens is 363 g/mol. The van der Waals surface area contributed by atoms with E-state index in [4.69, 9.17) is 11.6 Å². The minimum Gasteiger partial charge on any atom is -0.357 e. The SMILES string of the molecule is O=C(CSCc1cc(=O)c2cc(F)ccc2[nH]1)Nc1cccc(Cl)c1. The van der Waals surface area contributed by atoms with Crippen molar-refractivity contribution in [3.8, 4) is 0 Å². The maximum Gasteiger partial charge on any atom is 0.234 e. The van der Waals surface area contributed by atoms with Gasteiger partial charge < -0.3 is 10.3 Å². The molecule has 0 bridgehead atoms. The summed E-state index contributed by atoms with van der Waals surface area (Å²) in [5, 5.41) is 3.62. The first-order valence-electron chi connectivity index (χ1n) is 7.46. The lowest BCUT2D eigenvalue weighted by Crippen LogP contribution is -2.14. The number of H-pyrrole nitrogens is 1. The highest BCUT2D eigenvalue weighted by Crippen LogP contribution is 2.17. The molecular formula is C18H14ClFN2O2S. The zero-order valence-electron chi connectivity index (χ0n) is 13.0. The summed E-state index contributed by atoms with van der Waals surface area (Å²) in [4.78, 5) is 27.1. The molecule has 3 aromatic rings. The Hall–Kier alpha value is -2.31. The van der Waals surface area contributed by atoms with Crippen LogP contribution in [0.1, 0.15) is 5.69 Å². The highest BCUT2D eigenvalue weighted by atomic mass is 35.5. The molecule has 2 N–H and O–H groups in total. The molecule has 1 amide bonds. The Morgan fingerprint density at radius 2 is 2.04 bits per heavy atom. The molecule has 0 aliphatic rings. The molecule has 1 aromatic heterocycles. The predicted octanol–water partition coefficient (Wildman–Crippen LogP) is 4.19. The minimum atomic E-state index is -0.446. The van der Waals surface area contributed by atoms with Crippen LogP contribution in [0.15, 0.2) is 53.3 Å². The number of aromatic amines is 1. The van der Waals surface area contributed by atoms with Crippen LogP contribution in [0.4, 0.5) is 10.1 Å². The fraction of sp³-hybridized carbons (Fsp3) is 0.111. The summed E-state index contributed by atoms with van der Waals surface area (Å²) in [6, 6.07) is 12.4. The van der Waals surface area contributed by atoms with E-state index in [1.54, 1.807) is 24.3 Å². The van der Waals surface area contributed by atoms with Crippen molar-refractivity contribution in [1.29, 1.82) is 0 Å². The average molecular weight is 377 g/mol. The number of anilines is 1. The van der Waals surface area contributed by atoms with E-state index >= 15 is 0 Å². The van der Waals surface area contributed by atoms with Crippen LogP contribution in [-0.4, -0.2) is 16.6 Å². The number of thioether (sulfide) groups is 1. The molecule has 0 spiro atoms. The van der Waals surface area contributed by atoms with E-state index in [9.17, 15) is 14.0 Å². The zero-order valence-corrected chi connectivity index (χ0v) is 14.6. The molecule has 0 fully saturated rings. The van der Waals surface area contributed by atoms with Crippen molar-refractivity contribution in [3.63, 3.8) is 0 Å². The van der Waals surface area contributed by atoms with E-state index in [0.717, 1.165) is 0 Å². The van der Waals surface area contributed by atoms with Gasteiger partial charge in [-0.2, -0.15) is 0 Å². The second-order valence-corrected chi connectivity index (χ2v) is 6.82. The topological polar surface area (TPSA) is 62.0 Å². The highest BCUT2D eigenvalue weighted by molar-refractivity contribution is 7.99. The number of carbonyl (C=O) groups is 1. The second-order valence-electron chi connectivity index (χ2n) is 5.40. The van der Waals surface area contributed by atoms with Gasteiger partial charge >= 0.3 is 0 Å². The van der Waals surface area contributed by atoms with Gasteiger partial charge in [0.2, 0.25) is 5.91 Å². The third-order valence-corrected chi connectivity index (χ3v) is 4.66. The fourth-order valence-electron chi connectivity index (χ4n) is 2.37. The van der Waals surface area contributed by atoms with E-state index in [1.165, 1.54) is 36.0 Å². The second kappa shape index (κ2) is 7.72. The Bertz CT molecular complexity index is 990. The normalized spacial score (nSPS) is 10.8. The van der Waals surface area contributed by atoms with Gasteiger partial charge in [0.15, 0.2) is 5.43 Å². The van der Waals surface area contributed by atoms with Gasteiger partial charge in [-0.1, -0.05) is 17.7 Å². The summed E-state index contributed by atoms with van der Waals surface area (Å²) >= 11 is 7.24. The summed E-state index contributed by atoms with van der Waals surface area (Å²) in [5.74, 6) is 0.0944. The van der Waals surface area contributed by atoms with Crippen LogP contribution in [0.25, 0.3) is 10.9 Å². The summed E-state index contributed by atoms with van der Waals surface area (Å²) in [7, 11) is 0. The number of fused-ring (bicyclic) bond motifs is 1. The highest BCUT2D eigenvalue weighted by Gasteiger charge is 2.06. The Balaban J connectivity index is 1.60. The molecule has 0 aliphatic carbocycles. The van der Waals surface area contributed by atoms with Crippen LogP contribution in [0.3, 0.4) is 0 Å². The largest absolute Gasteiger partial charge is 0.357 e. The number of amides is 1. The number of rotatable bonds is 5. The van der Waals surface area contributed by atoms with E-state index in [2.05, 4.69) is 10.3 Å². The first-order chi connectivity index (χ1) is 12.0. The lowest BCUT2D eigenvalue weighted by Gasteiger charge is -2.06. The van der Waals surface area contributed by atoms with Crippen molar-refractivity contribution in [2.75, 3.05) is 11.1 Å². The number of hydrogen-bond acceptors (Lipinski definition) is 3. The van der Waals surface area contributed by atoms with E-state index in [-0.39, 0.29) is 17.1 Å². The Labute approximate surface area is 152 Å². The summed E-state index contributed by atoms with van der Waals surface area (Å²) < 4.78 is 13.2. The maximum atomic E-state index is 13.2. The molecule has 0 aliphatic heterocycles. The molecule has 4 nitrogen and oxygen atoms in total. The molecule has 1 heterocycles. The number of benzene rings is 2. The number of hydrogen-bond donors (Lipinski definition) is 2. The molecule has 128 valence electrons. The first-order valence-corrected chi connectivity index (χ1v) is 8.99. The number of halogens is 2. The number of pyridine rings is 1. The van der Waals surface area contributed by atoms with Gasteiger partial charge in [0.1, 0.15) is 5.82 Å². The van der Waals surface area contributed by atoms with E-state index < -0.39 is 5.82 Å². The van der Waals surface area contributed by atoms with Crippen LogP contribution >= 0.6 is 23.4 Å². The van der Waals surface area contributed by atoms with Crippen LogP contribution < -0.4 is 10.7 Å². The van der Waals surface area contributed by atoms with Crippen LogP contribution in [-0.2, 0) is 10.5 Å². The zero-order chi connectivity index (χ0) is 17.8. The van der Waals surface area contributed by atoms with Crippen molar-refractivity contribution in [2.45, 2.75) is 5.75 Å². The molecule has 0 saturated carbocycles. The van der Waals surface area contributed by atoms with Crippen LogP contribution in [0.2, 0.25) is 5.02 Å². The summed E-state index contributed by atoms with van der Waals surface area (Å²) in [6.07, 6.45) is 0. The van der Waals surface area contributed by atoms with Gasteiger partial charge in [-0.25, -0.2) is 4.39 Å². The Morgan fingerprint density at radius 3 is 2.84 bits per heavy atom. The monoisotopic (exact) mass is 376 g/mol. The van der Waals surface area contributed by atoms with Crippen LogP contribution in [0, 0.1) is 5.82 Å². The first kappa shape index (κ1) is 17.5. The Morgan fingerprint density at radius 1 is 1.20 bits per heavy atom. The quantitative estimate of drug-likeness (QED) is 0.701. The smallest absolute Gasteiger partial charge is 0.234 e. The lowest BCUT2D eigenvalue weighted by molar-refractivity contribution is -0.113. The van der Waals surface area contributed by atoms with Crippen molar-refractivity contribution >= 4 is 45.9 Å². The minimum absolute atomic E-state index is 0.155. The van der Waals surface area contributed by atoms with Gasteiger partial charge in [0.25, 0.3) is 0 Å².